The Kier molecular flexibility index (Phi) is 7.87. The third kappa shape index (κ3) is 6.56. The molecule has 0 saturated carbocycles. The molecule has 160 valence electrons. The van der Waals surface area contributed by atoms with Crippen LogP contribution in [0.3, 0.4) is 0 Å². The Morgan fingerprint density at radius 3 is 2.28 bits per heavy atom. The number of nitrogens with one attached hydrogen (secondary N) is 1. The molecule has 2 amide bonds. The summed E-state index contributed by atoms with van der Waals surface area (Å²) in [5.41, 5.74) is 0.175. The van der Waals surface area contributed by atoms with E-state index in [1.807, 2.05) is 0 Å². The van der Waals surface area contributed by atoms with Crippen molar-refractivity contribution < 1.29 is 27.9 Å². The molecule has 1 saturated heterocycles. The number of carbonyl (C=O) groups excluding carboxylic acids is 2. The number of sulfonamides is 1. The number of rotatable bonds is 7. The van der Waals surface area contributed by atoms with Crippen molar-refractivity contribution in [3.05, 3.63) is 33.8 Å². The third-order valence-electron chi connectivity index (χ3n) is 4.45. The molecule has 9 nitrogen and oxygen atoms in total. The average Bonchev–Trinajstić information content (AvgIpc) is 2.65. The van der Waals surface area contributed by atoms with Crippen LogP contribution in [0.2, 0.25) is 10.0 Å². The number of hydrogen-bond donors (Lipinski definition) is 2. The first-order valence-electron chi connectivity index (χ1n) is 8.70. The van der Waals surface area contributed by atoms with Crippen molar-refractivity contribution in [2.75, 3.05) is 32.4 Å². The lowest BCUT2D eigenvalue weighted by Gasteiger charge is -2.35. The Balaban J connectivity index is 2.10. The normalized spacial score (nSPS) is 16.3. The maximum atomic E-state index is 12.9. The fourth-order valence-corrected chi connectivity index (χ4v) is 3.99. The first kappa shape index (κ1) is 23.4. The molecule has 2 rings (SSSR count). The number of hydrogen-bond acceptors (Lipinski definition) is 5. The highest BCUT2D eigenvalue weighted by Crippen LogP contribution is 2.22. The van der Waals surface area contributed by atoms with Gasteiger partial charge in [-0.05, 0) is 24.6 Å². The van der Waals surface area contributed by atoms with Gasteiger partial charge in [0.15, 0.2) is 0 Å². The van der Waals surface area contributed by atoms with E-state index >= 15 is 0 Å². The largest absolute Gasteiger partial charge is 0.481 e. The van der Waals surface area contributed by atoms with Gasteiger partial charge in [0.25, 0.3) is 5.91 Å². The summed E-state index contributed by atoms with van der Waals surface area (Å²) in [5, 5.41) is 11.9. The van der Waals surface area contributed by atoms with Crippen LogP contribution in [0.4, 0.5) is 0 Å². The van der Waals surface area contributed by atoms with Gasteiger partial charge >= 0.3 is 5.97 Å². The number of aliphatic carboxylic acids is 1. The molecule has 0 aliphatic carbocycles. The van der Waals surface area contributed by atoms with E-state index in [0.29, 0.717) is 0 Å². The van der Waals surface area contributed by atoms with Crippen molar-refractivity contribution >= 4 is 51.0 Å². The summed E-state index contributed by atoms with van der Waals surface area (Å²) < 4.78 is 24.5. The number of piperazine rings is 1. The SMILES string of the molecule is CS(=O)(=O)N1CCN(C(=O)C(CCC(=O)O)NC(=O)c2ccc(Cl)c(Cl)c2)CC1. The molecule has 0 radical (unpaired) electrons. The van der Waals surface area contributed by atoms with Crippen LogP contribution in [0.5, 0.6) is 0 Å². The van der Waals surface area contributed by atoms with Crippen LogP contribution in [0.1, 0.15) is 23.2 Å². The Hall–Kier alpha value is -1.88. The van der Waals surface area contributed by atoms with Crippen LogP contribution in [0.25, 0.3) is 0 Å². The average molecular weight is 466 g/mol. The summed E-state index contributed by atoms with van der Waals surface area (Å²) in [6.07, 6.45) is 0.673. The van der Waals surface area contributed by atoms with Crippen molar-refractivity contribution in [3.63, 3.8) is 0 Å². The van der Waals surface area contributed by atoms with Gasteiger partial charge in [0.1, 0.15) is 6.04 Å². The maximum absolute atomic E-state index is 12.9. The van der Waals surface area contributed by atoms with E-state index in [9.17, 15) is 22.8 Å². The van der Waals surface area contributed by atoms with E-state index < -0.39 is 33.8 Å². The molecule has 0 aromatic heterocycles. The molecule has 1 aliphatic heterocycles. The lowest BCUT2D eigenvalue weighted by molar-refractivity contribution is -0.138. The zero-order valence-corrected chi connectivity index (χ0v) is 17.9. The van der Waals surface area contributed by atoms with Gasteiger partial charge in [-0.1, -0.05) is 23.2 Å². The fourth-order valence-electron chi connectivity index (χ4n) is 2.86. The minimum absolute atomic E-state index is 0.104. The van der Waals surface area contributed by atoms with Crippen molar-refractivity contribution in [3.8, 4) is 0 Å². The summed E-state index contributed by atoms with van der Waals surface area (Å²) in [6, 6.07) is 3.16. The Labute approximate surface area is 178 Å². The van der Waals surface area contributed by atoms with Gasteiger partial charge in [-0.15, -0.1) is 0 Å². The van der Waals surface area contributed by atoms with Crippen LogP contribution >= 0.6 is 23.2 Å². The zero-order chi connectivity index (χ0) is 21.8. The molecule has 1 atom stereocenters. The van der Waals surface area contributed by atoms with Gasteiger partial charge in [0.05, 0.1) is 16.3 Å². The number of benzene rings is 1. The second-order valence-electron chi connectivity index (χ2n) is 6.57. The fraction of sp³-hybridized carbons (Fsp3) is 0.471. The minimum atomic E-state index is -3.35. The molecular weight excluding hydrogens is 445 g/mol. The predicted octanol–water partition coefficient (Wildman–Crippen LogP) is 1.06. The molecule has 0 bridgehead atoms. The lowest BCUT2D eigenvalue weighted by atomic mass is 10.1. The number of halogens is 2. The summed E-state index contributed by atoms with van der Waals surface area (Å²) in [6.45, 7) is 0.574. The number of carboxylic acid groups (broad SMARTS) is 1. The summed E-state index contributed by atoms with van der Waals surface area (Å²) in [4.78, 5) is 37.7. The Morgan fingerprint density at radius 1 is 1.14 bits per heavy atom. The molecular formula is C17H21Cl2N3O6S. The monoisotopic (exact) mass is 465 g/mol. The topological polar surface area (TPSA) is 124 Å². The van der Waals surface area contributed by atoms with Crippen molar-refractivity contribution in [2.24, 2.45) is 0 Å². The summed E-state index contributed by atoms with van der Waals surface area (Å²) in [5.74, 6) is -2.16. The molecule has 1 unspecified atom stereocenters. The highest BCUT2D eigenvalue weighted by molar-refractivity contribution is 7.88. The van der Waals surface area contributed by atoms with E-state index in [1.54, 1.807) is 0 Å². The quantitative estimate of drug-likeness (QED) is 0.620. The highest BCUT2D eigenvalue weighted by atomic mass is 35.5. The van der Waals surface area contributed by atoms with E-state index in [0.717, 1.165) is 6.26 Å². The van der Waals surface area contributed by atoms with Gasteiger partial charge in [-0.2, -0.15) is 4.31 Å². The van der Waals surface area contributed by atoms with E-state index in [-0.39, 0.29) is 54.6 Å². The van der Waals surface area contributed by atoms with E-state index in [4.69, 9.17) is 28.3 Å². The van der Waals surface area contributed by atoms with Crippen LogP contribution in [0, 0.1) is 0 Å². The first-order chi connectivity index (χ1) is 13.5. The van der Waals surface area contributed by atoms with Crippen LogP contribution < -0.4 is 5.32 Å². The van der Waals surface area contributed by atoms with Crippen molar-refractivity contribution in [1.29, 1.82) is 0 Å². The van der Waals surface area contributed by atoms with Gasteiger partial charge < -0.3 is 15.3 Å². The molecule has 1 aromatic rings. The Bertz CT molecular complexity index is 900. The molecule has 1 aromatic carbocycles. The van der Waals surface area contributed by atoms with Crippen molar-refractivity contribution in [1.82, 2.24) is 14.5 Å². The molecule has 1 heterocycles. The van der Waals surface area contributed by atoms with Crippen LogP contribution in [0.15, 0.2) is 18.2 Å². The van der Waals surface area contributed by atoms with Gasteiger partial charge in [0.2, 0.25) is 15.9 Å². The van der Waals surface area contributed by atoms with Gasteiger partial charge in [-0.3, -0.25) is 14.4 Å². The van der Waals surface area contributed by atoms with E-state index in [2.05, 4.69) is 5.32 Å². The first-order valence-corrected chi connectivity index (χ1v) is 11.3. The van der Waals surface area contributed by atoms with E-state index in [1.165, 1.54) is 27.4 Å². The van der Waals surface area contributed by atoms with Crippen LogP contribution in [-0.2, 0) is 19.6 Å². The maximum Gasteiger partial charge on any atom is 0.303 e. The highest BCUT2D eigenvalue weighted by Gasteiger charge is 2.31. The van der Waals surface area contributed by atoms with Crippen molar-refractivity contribution in [2.45, 2.75) is 18.9 Å². The predicted molar refractivity (Wildman–Crippen MR) is 108 cm³/mol. The zero-order valence-electron chi connectivity index (χ0n) is 15.6. The van der Waals surface area contributed by atoms with Gasteiger partial charge in [-0.25, -0.2) is 8.42 Å². The lowest BCUT2D eigenvalue weighted by Crippen LogP contribution is -2.55. The molecule has 2 N–H and O–H groups in total. The van der Waals surface area contributed by atoms with Gasteiger partial charge in [0, 0.05) is 38.2 Å². The molecule has 29 heavy (non-hydrogen) atoms. The number of carbonyl (C=O) groups is 3. The third-order valence-corrected chi connectivity index (χ3v) is 6.49. The molecule has 0 spiro atoms. The van der Waals surface area contributed by atoms with Crippen LogP contribution in [-0.4, -0.2) is 79.0 Å². The second-order valence-corrected chi connectivity index (χ2v) is 9.37. The Morgan fingerprint density at radius 2 is 1.76 bits per heavy atom. The standard InChI is InChI=1S/C17H21Cl2N3O6S/c1-29(27,28)22-8-6-21(7-9-22)17(26)14(4-5-15(23)24)20-16(25)11-2-3-12(18)13(19)10-11/h2-3,10,14H,4-9H2,1H3,(H,20,25)(H,23,24). The molecule has 1 fully saturated rings. The summed E-state index contributed by atoms with van der Waals surface area (Å²) in [7, 11) is -3.35. The number of amides is 2. The number of carboxylic acids is 1. The minimum Gasteiger partial charge on any atom is -0.481 e. The molecule has 1 aliphatic rings. The smallest absolute Gasteiger partial charge is 0.303 e. The number of nitrogens with zero attached hydrogens (tertiary/aromatic N) is 2. The molecule has 12 heteroatoms. The second kappa shape index (κ2) is 9.75. The summed E-state index contributed by atoms with van der Waals surface area (Å²) >= 11 is 11.7.